The van der Waals surface area contributed by atoms with E-state index in [1.807, 2.05) is 0 Å². The summed E-state index contributed by atoms with van der Waals surface area (Å²) in [6.07, 6.45) is 4.89. The molecule has 0 spiro atoms. The molecule has 0 aromatic heterocycles. The molecule has 30 heavy (non-hydrogen) atoms. The minimum atomic E-state index is -0.394. The molecule has 0 atom stereocenters. The number of para-hydroxylation sites is 1. The van der Waals surface area contributed by atoms with Gasteiger partial charge in [0.1, 0.15) is 37.9 Å². The van der Waals surface area contributed by atoms with Gasteiger partial charge in [0.15, 0.2) is 0 Å². The third-order valence-corrected chi connectivity index (χ3v) is 6.11. The average Bonchev–Trinajstić information content (AvgIpc) is 2.97. The number of hydrogen-bond acceptors (Lipinski definition) is 3. The maximum Gasteiger partial charge on any atom is 0.338 e. The van der Waals surface area contributed by atoms with Crippen LogP contribution in [0, 0.1) is 19.7 Å². The van der Waals surface area contributed by atoms with E-state index in [4.69, 9.17) is 9.47 Å². The minimum Gasteiger partial charge on any atom is -0.487 e. The van der Waals surface area contributed by atoms with E-state index in [1.165, 1.54) is 49.9 Å². The van der Waals surface area contributed by atoms with E-state index in [1.54, 1.807) is 0 Å². The highest BCUT2D eigenvalue weighted by Gasteiger charge is 2.29. The Morgan fingerprint density at radius 2 is 1.50 bits per heavy atom. The zero-order valence-corrected chi connectivity index (χ0v) is 18.2. The molecule has 1 saturated heterocycles. The molecule has 2 aromatic rings. The molecular weight excluding hydrogens is 381 g/mol. The smallest absolute Gasteiger partial charge is 0.338 e. The Hall–Kier alpha value is -2.40. The van der Waals surface area contributed by atoms with Gasteiger partial charge >= 0.3 is 5.97 Å². The van der Waals surface area contributed by atoms with E-state index < -0.39 is 5.97 Å². The quantitative estimate of drug-likeness (QED) is 0.447. The Kier molecular flexibility index (Phi) is 7.86. The van der Waals surface area contributed by atoms with Gasteiger partial charge in [-0.15, -0.1) is 0 Å². The molecule has 1 aliphatic heterocycles. The third-order valence-electron chi connectivity index (χ3n) is 6.11. The van der Waals surface area contributed by atoms with Crippen molar-refractivity contribution in [3.63, 3.8) is 0 Å². The lowest BCUT2D eigenvalue weighted by Gasteiger charge is -2.37. The maximum atomic E-state index is 13.1. The Morgan fingerprint density at radius 1 is 0.900 bits per heavy atom. The first kappa shape index (κ1) is 22.3. The highest BCUT2D eigenvalue weighted by atomic mass is 19.1. The molecule has 3 rings (SSSR count). The lowest BCUT2D eigenvalue weighted by Crippen LogP contribution is -2.53. The van der Waals surface area contributed by atoms with Gasteiger partial charge < -0.3 is 14.0 Å². The third kappa shape index (κ3) is 6.05. The van der Waals surface area contributed by atoms with Gasteiger partial charge in [0.25, 0.3) is 0 Å². The highest BCUT2D eigenvalue weighted by molar-refractivity contribution is 5.89. The predicted molar refractivity (Wildman–Crippen MR) is 116 cm³/mol. The van der Waals surface area contributed by atoms with Crippen LogP contribution in [0.2, 0.25) is 0 Å². The Bertz CT molecular complexity index is 807. The molecule has 5 heteroatoms. The molecule has 2 aromatic carbocycles. The zero-order chi connectivity index (χ0) is 21.4. The van der Waals surface area contributed by atoms with E-state index in [0.29, 0.717) is 18.8 Å². The first-order chi connectivity index (χ1) is 14.5. The van der Waals surface area contributed by atoms with Crippen molar-refractivity contribution in [3.05, 3.63) is 65.0 Å². The maximum absolute atomic E-state index is 13.1. The lowest BCUT2D eigenvalue weighted by atomic mass is 10.1. The predicted octanol–water partition coefficient (Wildman–Crippen LogP) is 5.07. The van der Waals surface area contributed by atoms with Crippen LogP contribution < -0.4 is 4.74 Å². The fourth-order valence-electron chi connectivity index (χ4n) is 4.29. The van der Waals surface area contributed by atoms with Crippen molar-refractivity contribution in [2.24, 2.45) is 0 Å². The van der Waals surface area contributed by atoms with Gasteiger partial charge in [-0.3, -0.25) is 0 Å². The van der Waals surface area contributed by atoms with Crippen molar-refractivity contribution in [2.75, 3.05) is 39.4 Å². The molecule has 0 aliphatic carbocycles. The second kappa shape index (κ2) is 10.6. The summed E-state index contributed by atoms with van der Waals surface area (Å²) in [7, 11) is 0. The van der Waals surface area contributed by atoms with E-state index in [-0.39, 0.29) is 5.82 Å². The first-order valence-corrected chi connectivity index (χ1v) is 11.0. The van der Waals surface area contributed by atoms with Gasteiger partial charge in [-0.05, 0) is 74.9 Å². The molecule has 1 fully saturated rings. The van der Waals surface area contributed by atoms with E-state index in [9.17, 15) is 9.18 Å². The second-order valence-electron chi connectivity index (χ2n) is 8.36. The summed E-state index contributed by atoms with van der Waals surface area (Å²) in [5.74, 6) is 0.229. The summed E-state index contributed by atoms with van der Waals surface area (Å²) < 4.78 is 25.7. The number of carbonyl (C=O) groups excluding carboxylic acids is 1. The minimum absolute atomic E-state index is 0.357. The average molecular weight is 415 g/mol. The fraction of sp³-hybridized carbons (Fsp3) is 0.480. The van der Waals surface area contributed by atoms with Crippen LogP contribution in [-0.2, 0) is 4.74 Å². The molecule has 1 heterocycles. The van der Waals surface area contributed by atoms with Crippen molar-refractivity contribution in [1.29, 1.82) is 0 Å². The highest BCUT2D eigenvalue weighted by Crippen LogP contribution is 2.23. The van der Waals surface area contributed by atoms with Gasteiger partial charge in [-0.25, -0.2) is 9.18 Å². The molecule has 0 unspecified atom stereocenters. The summed E-state index contributed by atoms with van der Waals surface area (Å²) in [5, 5.41) is 0. The lowest BCUT2D eigenvalue weighted by molar-refractivity contribution is -0.927. The van der Waals surface area contributed by atoms with Crippen molar-refractivity contribution >= 4 is 5.97 Å². The van der Waals surface area contributed by atoms with Gasteiger partial charge in [0.05, 0.1) is 18.7 Å². The molecule has 162 valence electrons. The summed E-state index contributed by atoms with van der Waals surface area (Å²) in [5.41, 5.74) is 2.70. The standard InChI is InChI=1S/C25H33FNO3/c1-20-8-7-9-21(2)24(20)29-18-16-27(14-5-3-4-6-15-27)17-19-30-25(28)22-10-12-23(26)13-11-22/h7-13H,3-6,14-19H2,1-2H3/q+1. The number of benzene rings is 2. The first-order valence-electron chi connectivity index (χ1n) is 11.0. The summed E-state index contributed by atoms with van der Waals surface area (Å²) in [6.45, 7) is 9.03. The molecule has 0 radical (unpaired) electrons. The number of ether oxygens (including phenoxy) is 2. The Morgan fingerprint density at radius 3 is 2.13 bits per heavy atom. The topological polar surface area (TPSA) is 35.5 Å². The normalized spacial score (nSPS) is 16.0. The number of carbonyl (C=O) groups is 1. The van der Waals surface area contributed by atoms with Crippen LogP contribution in [0.5, 0.6) is 5.75 Å². The largest absolute Gasteiger partial charge is 0.487 e. The number of likely N-dealkylation sites (tertiary alicyclic amines) is 1. The summed E-state index contributed by atoms with van der Waals surface area (Å²) in [6, 6.07) is 11.7. The molecular formula is C25H33FNO3+. The van der Waals surface area contributed by atoms with Crippen LogP contribution in [0.4, 0.5) is 4.39 Å². The van der Waals surface area contributed by atoms with Crippen molar-refractivity contribution in [1.82, 2.24) is 0 Å². The van der Waals surface area contributed by atoms with Crippen molar-refractivity contribution < 1.29 is 23.1 Å². The Balaban J connectivity index is 1.57. The van der Waals surface area contributed by atoms with Gasteiger partial charge in [0.2, 0.25) is 0 Å². The van der Waals surface area contributed by atoms with Crippen LogP contribution in [0.25, 0.3) is 0 Å². The Labute approximate surface area is 179 Å². The van der Waals surface area contributed by atoms with Crippen LogP contribution >= 0.6 is 0 Å². The monoisotopic (exact) mass is 414 g/mol. The molecule has 1 aliphatic rings. The van der Waals surface area contributed by atoms with Crippen LogP contribution in [0.3, 0.4) is 0 Å². The number of aryl methyl sites for hydroxylation is 2. The summed E-state index contributed by atoms with van der Waals surface area (Å²) in [4.78, 5) is 12.3. The summed E-state index contributed by atoms with van der Waals surface area (Å²) >= 11 is 0. The molecule has 4 nitrogen and oxygen atoms in total. The van der Waals surface area contributed by atoms with Crippen LogP contribution in [0.15, 0.2) is 42.5 Å². The fourth-order valence-corrected chi connectivity index (χ4v) is 4.29. The number of quaternary nitrogens is 1. The number of esters is 1. The van der Waals surface area contributed by atoms with E-state index in [2.05, 4.69) is 32.0 Å². The van der Waals surface area contributed by atoms with Gasteiger partial charge in [-0.2, -0.15) is 0 Å². The van der Waals surface area contributed by atoms with E-state index >= 15 is 0 Å². The van der Waals surface area contributed by atoms with Crippen molar-refractivity contribution in [2.45, 2.75) is 39.5 Å². The van der Waals surface area contributed by atoms with E-state index in [0.717, 1.165) is 47.5 Å². The SMILES string of the molecule is Cc1cccc(C)c1OCC[N+]1(CCOC(=O)c2ccc(F)cc2)CCCCCC1. The number of nitrogens with zero attached hydrogens (tertiary/aromatic N) is 1. The number of rotatable bonds is 8. The second-order valence-corrected chi connectivity index (χ2v) is 8.36. The van der Waals surface area contributed by atoms with Gasteiger partial charge in [-0.1, -0.05) is 18.2 Å². The molecule has 0 bridgehead atoms. The molecule has 0 saturated carbocycles. The van der Waals surface area contributed by atoms with Crippen LogP contribution in [0.1, 0.15) is 47.2 Å². The van der Waals surface area contributed by atoms with Gasteiger partial charge in [0, 0.05) is 0 Å². The molecule has 0 amide bonds. The number of halogens is 1. The number of hydrogen-bond donors (Lipinski definition) is 0. The van der Waals surface area contributed by atoms with Crippen molar-refractivity contribution in [3.8, 4) is 5.75 Å². The zero-order valence-electron chi connectivity index (χ0n) is 18.2. The molecule has 0 N–H and O–H groups in total. The van der Waals surface area contributed by atoms with Crippen LogP contribution in [-0.4, -0.2) is 49.8 Å².